The second-order valence-electron chi connectivity index (χ2n) is 5.67. The first-order valence-corrected chi connectivity index (χ1v) is 7.71. The summed E-state index contributed by atoms with van der Waals surface area (Å²) in [6.45, 7) is 1.69. The van der Waals surface area contributed by atoms with Crippen LogP contribution < -0.4 is 10.1 Å². The van der Waals surface area contributed by atoms with Crippen molar-refractivity contribution in [3.63, 3.8) is 0 Å². The maximum atomic E-state index is 12.2. The number of carbonyl (C=O) groups is 1. The third-order valence-electron chi connectivity index (χ3n) is 3.80. The molecule has 0 spiro atoms. The summed E-state index contributed by atoms with van der Waals surface area (Å²) in [5, 5.41) is 17.7. The topological polar surface area (TPSA) is 99.3 Å². The van der Waals surface area contributed by atoms with Crippen LogP contribution in [0.5, 0.6) is 5.75 Å². The number of nitrogens with one attached hydrogen (secondary N) is 1. The van der Waals surface area contributed by atoms with Crippen molar-refractivity contribution in [3.05, 3.63) is 51.3 Å². The number of nitrogens with zero attached hydrogens (tertiary/aromatic N) is 3. The van der Waals surface area contributed by atoms with Gasteiger partial charge in [0.15, 0.2) is 0 Å². The number of hydrogen-bond acceptors (Lipinski definition) is 5. The van der Waals surface area contributed by atoms with E-state index in [-0.39, 0.29) is 29.6 Å². The predicted octanol–water partition coefficient (Wildman–Crippen LogP) is 2.89. The summed E-state index contributed by atoms with van der Waals surface area (Å²) in [7, 11) is 0. The monoisotopic (exact) mass is 368 g/mol. The van der Waals surface area contributed by atoms with Crippen LogP contribution in [0.4, 0.5) is 14.5 Å². The van der Waals surface area contributed by atoms with Crippen molar-refractivity contribution in [3.8, 4) is 5.75 Å². The van der Waals surface area contributed by atoms with Gasteiger partial charge in [-0.15, -0.1) is 0 Å². The molecular formula is C16H18F2N4O4. The van der Waals surface area contributed by atoms with Gasteiger partial charge in [-0.2, -0.15) is 13.9 Å². The number of carbonyl (C=O) groups excluding carboxylic acids is 1. The van der Waals surface area contributed by atoms with E-state index in [1.807, 2.05) is 0 Å². The van der Waals surface area contributed by atoms with Crippen LogP contribution >= 0.6 is 0 Å². The van der Waals surface area contributed by atoms with E-state index >= 15 is 0 Å². The molecule has 1 amide bonds. The van der Waals surface area contributed by atoms with E-state index in [9.17, 15) is 23.7 Å². The van der Waals surface area contributed by atoms with Gasteiger partial charge in [0.1, 0.15) is 23.7 Å². The maximum absolute atomic E-state index is 12.2. The van der Waals surface area contributed by atoms with Crippen molar-refractivity contribution in [2.24, 2.45) is 0 Å². The summed E-state index contributed by atoms with van der Waals surface area (Å²) in [4.78, 5) is 22.6. The van der Waals surface area contributed by atoms with Crippen molar-refractivity contribution in [2.75, 3.05) is 0 Å². The normalized spacial score (nSPS) is 12.1. The van der Waals surface area contributed by atoms with E-state index in [1.54, 1.807) is 19.1 Å². The first-order valence-electron chi connectivity index (χ1n) is 7.71. The first-order chi connectivity index (χ1) is 12.2. The maximum Gasteiger partial charge on any atom is 0.387 e. The van der Waals surface area contributed by atoms with Crippen LogP contribution in [0.3, 0.4) is 0 Å². The Morgan fingerprint density at radius 1 is 1.35 bits per heavy atom. The Bertz CT molecular complexity index is 805. The van der Waals surface area contributed by atoms with Crippen LogP contribution in [0.25, 0.3) is 0 Å². The summed E-state index contributed by atoms with van der Waals surface area (Å²) in [5.41, 5.74) is 1.12. The number of amides is 1. The van der Waals surface area contributed by atoms with E-state index in [2.05, 4.69) is 15.2 Å². The predicted molar refractivity (Wildman–Crippen MR) is 88.0 cm³/mol. The second kappa shape index (κ2) is 7.89. The Kier molecular flexibility index (Phi) is 5.86. The summed E-state index contributed by atoms with van der Waals surface area (Å²) >= 11 is 0. The molecule has 1 N–H and O–H groups in total. The van der Waals surface area contributed by atoms with Crippen LogP contribution in [-0.2, 0) is 11.3 Å². The Morgan fingerprint density at radius 3 is 2.46 bits per heavy atom. The smallest absolute Gasteiger partial charge is 0.387 e. The SMILES string of the molecule is Cc1nn(CC(=O)NC(C)c2ccc(OC(F)F)cc2)c(C)c1[N+](=O)[O-]. The van der Waals surface area contributed by atoms with E-state index in [0.717, 1.165) is 0 Å². The Morgan fingerprint density at radius 2 is 1.96 bits per heavy atom. The van der Waals surface area contributed by atoms with Crippen molar-refractivity contribution in [2.45, 2.75) is 40.0 Å². The van der Waals surface area contributed by atoms with Gasteiger partial charge in [0.05, 0.1) is 11.0 Å². The lowest BCUT2D eigenvalue weighted by atomic mass is 10.1. The van der Waals surface area contributed by atoms with Gasteiger partial charge in [-0.1, -0.05) is 12.1 Å². The fourth-order valence-corrected chi connectivity index (χ4v) is 2.55. The zero-order valence-electron chi connectivity index (χ0n) is 14.4. The lowest BCUT2D eigenvalue weighted by molar-refractivity contribution is -0.386. The van der Waals surface area contributed by atoms with Gasteiger partial charge in [-0.25, -0.2) is 0 Å². The molecule has 0 saturated heterocycles. The van der Waals surface area contributed by atoms with Crippen molar-refractivity contribution in [1.29, 1.82) is 0 Å². The number of aryl methyl sites for hydroxylation is 1. The Labute approximate surface area is 147 Å². The molecule has 0 saturated carbocycles. The highest BCUT2D eigenvalue weighted by atomic mass is 19.3. The van der Waals surface area contributed by atoms with Crippen molar-refractivity contribution < 1.29 is 23.2 Å². The molecule has 1 heterocycles. The molecule has 140 valence electrons. The summed E-state index contributed by atoms with van der Waals surface area (Å²) in [6.07, 6.45) is 0. The molecule has 0 aliphatic carbocycles. The van der Waals surface area contributed by atoms with Gasteiger partial charge < -0.3 is 10.1 Å². The van der Waals surface area contributed by atoms with Crippen molar-refractivity contribution >= 4 is 11.6 Å². The average Bonchev–Trinajstić information content (AvgIpc) is 2.81. The molecule has 8 nitrogen and oxygen atoms in total. The third kappa shape index (κ3) is 4.52. The standard InChI is InChI=1S/C16H18F2N4O4/c1-9(12-4-6-13(7-5-12)26-16(17)18)19-14(23)8-21-11(3)15(22(24)25)10(2)20-21/h4-7,9,16H,8H2,1-3H3,(H,19,23). The number of alkyl halides is 2. The van der Waals surface area contributed by atoms with Gasteiger partial charge in [0.2, 0.25) is 5.91 Å². The minimum atomic E-state index is -2.90. The zero-order chi connectivity index (χ0) is 19.4. The van der Waals surface area contributed by atoms with Gasteiger partial charge >= 0.3 is 12.3 Å². The van der Waals surface area contributed by atoms with Gasteiger partial charge in [-0.05, 0) is 38.5 Å². The van der Waals surface area contributed by atoms with Gasteiger partial charge in [-0.3, -0.25) is 19.6 Å². The molecule has 0 bridgehead atoms. The number of rotatable bonds is 7. The summed E-state index contributed by atoms with van der Waals surface area (Å²) in [5.74, 6) is -0.358. The first kappa shape index (κ1) is 19.3. The number of benzene rings is 1. The van der Waals surface area contributed by atoms with E-state index in [1.165, 1.54) is 30.7 Å². The molecule has 2 rings (SSSR count). The Hall–Kier alpha value is -3.04. The lowest BCUT2D eigenvalue weighted by Crippen LogP contribution is -2.30. The molecule has 0 aliphatic heterocycles. The van der Waals surface area contributed by atoms with Crippen molar-refractivity contribution in [1.82, 2.24) is 15.1 Å². The molecule has 0 radical (unpaired) electrons. The van der Waals surface area contributed by atoms with E-state index in [0.29, 0.717) is 11.3 Å². The number of ether oxygens (including phenoxy) is 1. The quantitative estimate of drug-likeness (QED) is 0.598. The molecular weight excluding hydrogens is 350 g/mol. The van der Waals surface area contributed by atoms with Crippen LogP contribution in [0.1, 0.15) is 29.9 Å². The minimum Gasteiger partial charge on any atom is -0.435 e. The number of hydrogen-bond donors (Lipinski definition) is 1. The number of halogens is 2. The molecule has 10 heteroatoms. The highest BCUT2D eigenvalue weighted by Gasteiger charge is 2.23. The fraction of sp³-hybridized carbons (Fsp3) is 0.375. The molecule has 2 aromatic rings. The third-order valence-corrected chi connectivity index (χ3v) is 3.80. The summed E-state index contributed by atoms with van der Waals surface area (Å²) in [6, 6.07) is 5.51. The zero-order valence-corrected chi connectivity index (χ0v) is 14.4. The molecule has 26 heavy (non-hydrogen) atoms. The highest BCUT2D eigenvalue weighted by molar-refractivity contribution is 5.76. The lowest BCUT2D eigenvalue weighted by Gasteiger charge is -2.15. The van der Waals surface area contributed by atoms with E-state index < -0.39 is 17.6 Å². The van der Waals surface area contributed by atoms with Crippen LogP contribution in [0.15, 0.2) is 24.3 Å². The Balaban J connectivity index is 2.01. The fourth-order valence-electron chi connectivity index (χ4n) is 2.55. The average molecular weight is 368 g/mol. The molecule has 1 atom stereocenters. The minimum absolute atomic E-state index is 0.0252. The van der Waals surface area contributed by atoms with Gasteiger partial charge in [0.25, 0.3) is 0 Å². The summed E-state index contributed by atoms with van der Waals surface area (Å²) < 4.78 is 29.8. The molecule has 0 aliphatic rings. The van der Waals surface area contributed by atoms with Gasteiger partial charge in [0, 0.05) is 0 Å². The number of aromatic nitrogens is 2. The van der Waals surface area contributed by atoms with Crippen LogP contribution in [0, 0.1) is 24.0 Å². The largest absolute Gasteiger partial charge is 0.435 e. The molecule has 1 aromatic carbocycles. The molecule has 1 unspecified atom stereocenters. The van der Waals surface area contributed by atoms with Crippen LogP contribution in [-0.4, -0.2) is 27.2 Å². The van der Waals surface area contributed by atoms with E-state index in [4.69, 9.17) is 0 Å². The van der Waals surface area contributed by atoms with Crippen LogP contribution in [0.2, 0.25) is 0 Å². The highest BCUT2D eigenvalue weighted by Crippen LogP contribution is 2.22. The second-order valence-corrected chi connectivity index (χ2v) is 5.67. The number of nitro groups is 1. The molecule has 0 fully saturated rings. The molecule has 1 aromatic heterocycles.